The molecule has 1 aromatic carbocycles. The molecule has 1 aromatic rings. The highest BCUT2D eigenvalue weighted by molar-refractivity contribution is 9.10. The Kier molecular flexibility index (Phi) is 5.09. The lowest BCUT2D eigenvalue weighted by molar-refractivity contribution is 0.183. The Bertz CT molecular complexity index is 571. The molecule has 1 aliphatic rings. The van der Waals surface area contributed by atoms with Crippen LogP contribution in [0.25, 0.3) is 0 Å². The minimum atomic E-state index is -2.92. The van der Waals surface area contributed by atoms with E-state index in [4.69, 9.17) is 4.74 Å². The molecule has 112 valence electrons. The van der Waals surface area contributed by atoms with Crippen molar-refractivity contribution in [2.75, 3.05) is 25.2 Å². The summed E-state index contributed by atoms with van der Waals surface area (Å²) in [6.45, 7) is -0.00411. The second kappa shape index (κ2) is 6.45. The number of aliphatic hydroxyl groups excluding tert-OH is 1. The van der Waals surface area contributed by atoms with Crippen molar-refractivity contribution in [2.24, 2.45) is 11.8 Å². The molecule has 1 N–H and O–H groups in total. The van der Waals surface area contributed by atoms with E-state index in [1.54, 1.807) is 7.11 Å². The first-order chi connectivity index (χ1) is 9.45. The highest BCUT2D eigenvalue weighted by atomic mass is 79.9. The summed E-state index contributed by atoms with van der Waals surface area (Å²) < 4.78 is 29.4. The van der Waals surface area contributed by atoms with Crippen molar-refractivity contribution in [3.8, 4) is 5.75 Å². The Balaban J connectivity index is 2.16. The number of ether oxygens (including phenoxy) is 1. The third kappa shape index (κ3) is 3.74. The zero-order valence-corrected chi connectivity index (χ0v) is 13.8. The van der Waals surface area contributed by atoms with E-state index < -0.39 is 9.84 Å². The van der Waals surface area contributed by atoms with Gasteiger partial charge in [-0.1, -0.05) is 15.9 Å². The summed E-state index contributed by atoms with van der Waals surface area (Å²) in [6.07, 6.45) is 1.27. The van der Waals surface area contributed by atoms with Crippen LogP contribution in [0.4, 0.5) is 0 Å². The Labute approximate surface area is 128 Å². The smallest absolute Gasteiger partial charge is 0.150 e. The van der Waals surface area contributed by atoms with Crippen LogP contribution >= 0.6 is 15.9 Å². The van der Waals surface area contributed by atoms with Crippen LogP contribution in [0.1, 0.15) is 12.0 Å². The molecule has 20 heavy (non-hydrogen) atoms. The highest BCUT2D eigenvalue weighted by Crippen LogP contribution is 2.32. The molecular formula is C14H19BrO4S. The minimum absolute atomic E-state index is 0.00411. The van der Waals surface area contributed by atoms with E-state index in [0.717, 1.165) is 15.8 Å². The first-order valence-corrected chi connectivity index (χ1v) is 9.20. The molecule has 4 nitrogen and oxygen atoms in total. The fourth-order valence-electron chi connectivity index (χ4n) is 2.76. The van der Waals surface area contributed by atoms with Crippen molar-refractivity contribution >= 4 is 25.8 Å². The molecule has 0 amide bonds. The number of methoxy groups -OCH3 is 1. The first-order valence-electron chi connectivity index (χ1n) is 6.59. The van der Waals surface area contributed by atoms with E-state index in [-0.39, 0.29) is 29.9 Å². The number of halogens is 1. The van der Waals surface area contributed by atoms with Gasteiger partial charge in [-0.25, -0.2) is 8.42 Å². The Hall–Kier alpha value is -0.590. The van der Waals surface area contributed by atoms with Gasteiger partial charge in [0.25, 0.3) is 0 Å². The molecule has 1 heterocycles. The predicted octanol–water partition coefficient (Wildman–Crippen LogP) is 2.04. The summed E-state index contributed by atoms with van der Waals surface area (Å²) in [4.78, 5) is 0. The molecule has 0 aliphatic carbocycles. The second-order valence-electron chi connectivity index (χ2n) is 5.27. The van der Waals surface area contributed by atoms with Gasteiger partial charge in [-0.05, 0) is 48.4 Å². The standard InChI is InChI=1S/C14H19BrO4S/c1-19-14-3-2-13(15)7-11(14)6-12(8-16)10-4-5-20(17,18)9-10/h2-3,7,10,12,16H,4-6,8-9H2,1H3. The summed E-state index contributed by atoms with van der Waals surface area (Å²) in [6, 6.07) is 5.74. The molecule has 0 radical (unpaired) electrons. The first kappa shape index (κ1) is 15.8. The average Bonchev–Trinajstić information content (AvgIpc) is 2.76. The van der Waals surface area contributed by atoms with Gasteiger partial charge in [-0.3, -0.25) is 0 Å². The maximum atomic E-state index is 11.6. The molecule has 2 atom stereocenters. The third-order valence-corrected chi connectivity index (χ3v) is 6.18. The van der Waals surface area contributed by atoms with Gasteiger partial charge < -0.3 is 9.84 Å². The van der Waals surface area contributed by atoms with Crippen LogP contribution in [0.5, 0.6) is 5.75 Å². The zero-order valence-electron chi connectivity index (χ0n) is 11.4. The molecule has 6 heteroatoms. The molecule has 0 bridgehead atoms. The second-order valence-corrected chi connectivity index (χ2v) is 8.41. The maximum Gasteiger partial charge on any atom is 0.150 e. The van der Waals surface area contributed by atoms with E-state index in [9.17, 15) is 13.5 Å². The molecule has 1 aliphatic heterocycles. The summed E-state index contributed by atoms with van der Waals surface area (Å²) in [5, 5.41) is 9.60. The molecule has 0 spiro atoms. The van der Waals surface area contributed by atoms with Crippen molar-refractivity contribution < 1.29 is 18.3 Å². The van der Waals surface area contributed by atoms with Gasteiger partial charge in [0.1, 0.15) is 5.75 Å². The van der Waals surface area contributed by atoms with E-state index in [1.807, 2.05) is 18.2 Å². The Morgan fingerprint density at radius 2 is 2.25 bits per heavy atom. The normalized spacial score (nSPS) is 22.6. The summed E-state index contributed by atoms with van der Waals surface area (Å²) in [5.74, 6) is 1.19. The minimum Gasteiger partial charge on any atom is -0.496 e. The van der Waals surface area contributed by atoms with Crippen LogP contribution in [0.2, 0.25) is 0 Å². The van der Waals surface area contributed by atoms with E-state index in [0.29, 0.717) is 12.8 Å². The fourth-order valence-corrected chi connectivity index (χ4v) is 5.09. The van der Waals surface area contributed by atoms with Crippen LogP contribution in [0.15, 0.2) is 22.7 Å². The van der Waals surface area contributed by atoms with Gasteiger partial charge >= 0.3 is 0 Å². The van der Waals surface area contributed by atoms with Crippen LogP contribution < -0.4 is 4.74 Å². The molecule has 0 saturated carbocycles. The Morgan fingerprint density at radius 3 is 2.80 bits per heavy atom. The molecule has 2 unspecified atom stereocenters. The van der Waals surface area contributed by atoms with Gasteiger partial charge in [0, 0.05) is 11.1 Å². The molecular weight excluding hydrogens is 344 g/mol. The SMILES string of the molecule is COc1ccc(Br)cc1CC(CO)C1CCS(=O)(=O)C1. The molecule has 0 aromatic heterocycles. The van der Waals surface area contributed by atoms with E-state index in [1.165, 1.54) is 0 Å². The number of rotatable bonds is 5. The highest BCUT2D eigenvalue weighted by Gasteiger charge is 2.33. The number of benzene rings is 1. The fraction of sp³-hybridized carbons (Fsp3) is 0.571. The quantitative estimate of drug-likeness (QED) is 0.870. The topological polar surface area (TPSA) is 63.6 Å². The monoisotopic (exact) mass is 362 g/mol. The zero-order chi connectivity index (χ0) is 14.8. The third-order valence-electron chi connectivity index (χ3n) is 3.89. The number of hydrogen-bond donors (Lipinski definition) is 1. The lowest BCUT2D eigenvalue weighted by Crippen LogP contribution is -2.22. The summed E-state index contributed by atoms with van der Waals surface area (Å²) >= 11 is 3.43. The van der Waals surface area contributed by atoms with Crippen LogP contribution in [-0.2, 0) is 16.3 Å². The van der Waals surface area contributed by atoms with Gasteiger partial charge in [0.2, 0.25) is 0 Å². The lowest BCUT2D eigenvalue weighted by atomic mass is 9.87. The van der Waals surface area contributed by atoms with Gasteiger partial charge in [-0.2, -0.15) is 0 Å². The molecule has 2 rings (SSSR count). The number of aliphatic hydroxyl groups is 1. The van der Waals surface area contributed by atoms with Crippen LogP contribution in [0, 0.1) is 11.8 Å². The maximum absolute atomic E-state index is 11.6. The summed E-state index contributed by atoms with van der Waals surface area (Å²) in [7, 11) is -1.31. The van der Waals surface area contributed by atoms with Gasteiger partial charge in [-0.15, -0.1) is 0 Å². The van der Waals surface area contributed by atoms with E-state index >= 15 is 0 Å². The number of sulfone groups is 1. The van der Waals surface area contributed by atoms with Crippen LogP contribution in [-0.4, -0.2) is 38.7 Å². The van der Waals surface area contributed by atoms with Crippen molar-refractivity contribution in [1.82, 2.24) is 0 Å². The Morgan fingerprint density at radius 1 is 1.50 bits per heavy atom. The number of hydrogen-bond acceptors (Lipinski definition) is 4. The summed E-state index contributed by atoms with van der Waals surface area (Å²) in [5.41, 5.74) is 0.991. The van der Waals surface area contributed by atoms with E-state index in [2.05, 4.69) is 15.9 Å². The van der Waals surface area contributed by atoms with Crippen molar-refractivity contribution in [3.05, 3.63) is 28.2 Å². The predicted molar refractivity (Wildman–Crippen MR) is 81.7 cm³/mol. The van der Waals surface area contributed by atoms with Gasteiger partial charge in [0.05, 0.1) is 18.6 Å². The van der Waals surface area contributed by atoms with Crippen molar-refractivity contribution in [2.45, 2.75) is 12.8 Å². The molecule has 1 fully saturated rings. The van der Waals surface area contributed by atoms with Gasteiger partial charge in [0.15, 0.2) is 9.84 Å². The molecule has 1 saturated heterocycles. The van der Waals surface area contributed by atoms with Crippen LogP contribution in [0.3, 0.4) is 0 Å². The average molecular weight is 363 g/mol. The lowest BCUT2D eigenvalue weighted by Gasteiger charge is -2.21. The van der Waals surface area contributed by atoms with Crippen molar-refractivity contribution in [1.29, 1.82) is 0 Å². The van der Waals surface area contributed by atoms with Crippen molar-refractivity contribution in [3.63, 3.8) is 0 Å². The largest absolute Gasteiger partial charge is 0.496 e.